The van der Waals surface area contributed by atoms with Crippen LogP contribution in [0.3, 0.4) is 0 Å². The number of carbonyl (C=O) groups excluding carboxylic acids is 2. The van der Waals surface area contributed by atoms with Crippen LogP contribution in [-0.2, 0) is 9.53 Å². The summed E-state index contributed by atoms with van der Waals surface area (Å²) < 4.78 is 11.7. The fourth-order valence-corrected chi connectivity index (χ4v) is 2.69. The lowest BCUT2D eigenvalue weighted by Gasteiger charge is -2.22. The number of carbonyl (C=O) groups is 1. The number of nitrogens with zero attached hydrogens (tertiary/aromatic N) is 1. The fourth-order valence-electron chi connectivity index (χ4n) is 2.36. The van der Waals surface area contributed by atoms with E-state index in [4.69, 9.17) is 9.47 Å². The van der Waals surface area contributed by atoms with E-state index in [1.807, 2.05) is 5.94 Å². The molecule has 3 rings (SSSR count). The highest BCUT2D eigenvalue weighted by Gasteiger charge is 2.25. The molecule has 128 valence electrons. The molecule has 1 aliphatic rings. The maximum atomic E-state index is 11.9. The van der Waals surface area contributed by atoms with Crippen molar-refractivity contribution in [1.82, 2.24) is 4.98 Å². The Kier molecular flexibility index (Phi) is 4.37. The third kappa shape index (κ3) is 3.73. The van der Waals surface area contributed by atoms with Crippen molar-refractivity contribution in [2.45, 2.75) is 26.4 Å². The molecule has 0 saturated heterocycles. The summed E-state index contributed by atoms with van der Waals surface area (Å²) in [6.07, 6.45) is 1.01. The van der Waals surface area contributed by atoms with Gasteiger partial charge in [0, 0.05) is 21.9 Å². The quantitative estimate of drug-likeness (QED) is 0.603. The first kappa shape index (κ1) is 17.2. The number of nitrogens with one attached hydrogen (secondary N) is 1. The highest BCUT2D eigenvalue weighted by Crippen LogP contribution is 2.43. The van der Waals surface area contributed by atoms with Crippen molar-refractivity contribution in [2.24, 2.45) is 0 Å². The molecule has 0 atom stereocenters. The Morgan fingerprint density at radius 1 is 1.28 bits per heavy atom. The van der Waals surface area contributed by atoms with Crippen LogP contribution in [0, 0.1) is 0 Å². The van der Waals surface area contributed by atoms with Gasteiger partial charge >= 0.3 is 6.09 Å². The van der Waals surface area contributed by atoms with Crippen LogP contribution in [0.5, 0.6) is 11.6 Å². The van der Waals surface area contributed by atoms with Gasteiger partial charge in [0.25, 0.3) is 0 Å². The first-order valence-electron chi connectivity index (χ1n) is 7.50. The minimum absolute atomic E-state index is 0.317. The largest absolute Gasteiger partial charge is 0.444 e. The SMILES string of the molecule is CC(C)(C)OC(=O)Nc1ccc2c(c1)C(=C=O)c1cc(Br)cnc1O2. The predicted molar refractivity (Wildman–Crippen MR) is 96.5 cm³/mol. The summed E-state index contributed by atoms with van der Waals surface area (Å²) >= 11 is 3.33. The maximum absolute atomic E-state index is 11.9. The Balaban J connectivity index is 1.95. The minimum Gasteiger partial charge on any atom is -0.444 e. The van der Waals surface area contributed by atoms with Gasteiger partial charge in [0.15, 0.2) is 0 Å². The third-order valence-corrected chi connectivity index (χ3v) is 3.72. The van der Waals surface area contributed by atoms with E-state index in [1.165, 1.54) is 0 Å². The van der Waals surface area contributed by atoms with Gasteiger partial charge in [-0.1, -0.05) is 0 Å². The summed E-state index contributed by atoms with van der Waals surface area (Å²) in [6.45, 7) is 5.34. The van der Waals surface area contributed by atoms with Crippen molar-refractivity contribution in [3.8, 4) is 11.6 Å². The number of anilines is 1. The molecule has 0 spiro atoms. The molecule has 1 amide bonds. The first-order valence-corrected chi connectivity index (χ1v) is 8.29. The first-order chi connectivity index (χ1) is 11.8. The molecule has 0 bridgehead atoms. The molecule has 1 N–H and O–H groups in total. The number of amides is 1. The molecular weight excluding hydrogens is 388 g/mol. The Bertz CT molecular complexity index is 912. The highest BCUT2D eigenvalue weighted by molar-refractivity contribution is 9.10. The van der Waals surface area contributed by atoms with Crippen LogP contribution in [0.2, 0.25) is 0 Å². The van der Waals surface area contributed by atoms with Gasteiger partial charge in [-0.25, -0.2) is 14.6 Å². The van der Waals surface area contributed by atoms with Gasteiger partial charge in [-0.2, -0.15) is 0 Å². The number of benzene rings is 1. The lowest BCUT2D eigenvalue weighted by Crippen LogP contribution is -2.27. The third-order valence-electron chi connectivity index (χ3n) is 3.29. The number of pyridine rings is 1. The molecule has 2 heterocycles. The number of rotatable bonds is 1. The van der Waals surface area contributed by atoms with Gasteiger partial charge in [0.1, 0.15) is 17.3 Å². The summed E-state index contributed by atoms with van der Waals surface area (Å²) in [5, 5.41) is 2.64. The normalized spacial score (nSPS) is 12.4. The summed E-state index contributed by atoms with van der Waals surface area (Å²) in [7, 11) is 0. The van der Waals surface area contributed by atoms with Crippen molar-refractivity contribution in [2.75, 3.05) is 5.32 Å². The van der Waals surface area contributed by atoms with Gasteiger partial charge in [-0.3, -0.25) is 5.32 Å². The minimum atomic E-state index is -0.605. The maximum Gasteiger partial charge on any atom is 0.412 e. The number of hydrogen-bond donors (Lipinski definition) is 1. The van der Waals surface area contributed by atoms with Gasteiger partial charge in [0.05, 0.1) is 11.1 Å². The number of ether oxygens (including phenoxy) is 2. The van der Waals surface area contributed by atoms with E-state index in [0.717, 1.165) is 0 Å². The van der Waals surface area contributed by atoms with Crippen molar-refractivity contribution in [1.29, 1.82) is 0 Å². The zero-order valence-electron chi connectivity index (χ0n) is 13.8. The number of halogens is 1. The predicted octanol–water partition coefficient (Wildman–Crippen LogP) is 4.56. The molecule has 1 aromatic heterocycles. The summed E-state index contributed by atoms with van der Waals surface area (Å²) in [6, 6.07) is 6.70. The van der Waals surface area contributed by atoms with E-state index in [9.17, 15) is 9.59 Å². The van der Waals surface area contributed by atoms with Crippen LogP contribution in [0.4, 0.5) is 10.5 Å². The topological polar surface area (TPSA) is 77.5 Å². The van der Waals surface area contributed by atoms with Crippen LogP contribution in [-0.4, -0.2) is 22.6 Å². The van der Waals surface area contributed by atoms with E-state index >= 15 is 0 Å². The molecule has 6 nitrogen and oxygen atoms in total. The van der Waals surface area contributed by atoms with Gasteiger partial charge in [0.2, 0.25) is 5.88 Å². The molecule has 0 saturated carbocycles. The monoisotopic (exact) mass is 402 g/mol. The lowest BCUT2D eigenvalue weighted by molar-refractivity contribution is 0.0636. The standard InChI is InChI=1S/C18H15BrN2O4/c1-18(2,3)25-17(23)21-11-4-5-15-12(7-11)14(9-22)13-6-10(19)8-20-16(13)24-15/h4-8H,1-3H3,(H,21,23). The van der Waals surface area contributed by atoms with Crippen LogP contribution in [0.15, 0.2) is 34.9 Å². The average Bonchev–Trinajstić information content (AvgIpc) is 2.51. The van der Waals surface area contributed by atoms with Crippen LogP contribution < -0.4 is 10.1 Å². The molecule has 7 heteroatoms. The molecule has 2 aromatic rings. The Morgan fingerprint density at radius 2 is 2.04 bits per heavy atom. The van der Waals surface area contributed by atoms with Crippen molar-refractivity contribution >= 4 is 39.2 Å². The van der Waals surface area contributed by atoms with Gasteiger partial charge in [-0.15, -0.1) is 0 Å². The number of fused-ring (bicyclic) bond motifs is 2. The second kappa shape index (κ2) is 6.35. The molecular formula is C18H15BrN2O4. The Morgan fingerprint density at radius 3 is 2.72 bits per heavy atom. The zero-order chi connectivity index (χ0) is 18.2. The summed E-state index contributed by atoms with van der Waals surface area (Å²) in [4.78, 5) is 27.6. The van der Waals surface area contributed by atoms with Crippen molar-refractivity contribution in [3.63, 3.8) is 0 Å². The molecule has 0 radical (unpaired) electrons. The van der Waals surface area contributed by atoms with E-state index in [0.29, 0.717) is 38.5 Å². The molecule has 0 aliphatic carbocycles. The van der Waals surface area contributed by atoms with E-state index in [-0.39, 0.29) is 0 Å². The Hall–Kier alpha value is -2.63. The number of hydrogen-bond acceptors (Lipinski definition) is 5. The highest BCUT2D eigenvalue weighted by atomic mass is 79.9. The van der Waals surface area contributed by atoms with Crippen LogP contribution in [0.1, 0.15) is 31.9 Å². The summed E-state index contributed by atoms with van der Waals surface area (Å²) in [5.41, 5.74) is 1.25. The molecule has 1 aliphatic heterocycles. The van der Waals surface area contributed by atoms with Crippen LogP contribution in [0.25, 0.3) is 5.57 Å². The van der Waals surface area contributed by atoms with E-state index in [1.54, 1.807) is 51.2 Å². The lowest BCUT2D eigenvalue weighted by atomic mass is 9.97. The van der Waals surface area contributed by atoms with Crippen LogP contribution >= 0.6 is 15.9 Å². The average molecular weight is 403 g/mol. The fraction of sp³-hybridized carbons (Fsp3) is 0.222. The molecule has 0 unspecified atom stereocenters. The smallest absolute Gasteiger partial charge is 0.412 e. The zero-order valence-corrected chi connectivity index (χ0v) is 15.4. The van der Waals surface area contributed by atoms with E-state index < -0.39 is 11.7 Å². The van der Waals surface area contributed by atoms with Gasteiger partial charge in [-0.05, 0) is 61.0 Å². The molecule has 1 aromatic carbocycles. The second-order valence-electron chi connectivity index (χ2n) is 6.42. The van der Waals surface area contributed by atoms with E-state index in [2.05, 4.69) is 26.2 Å². The van der Waals surface area contributed by atoms with Gasteiger partial charge < -0.3 is 9.47 Å². The van der Waals surface area contributed by atoms with Crippen molar-refractivity contribution < 1.29 is 19.1 Å². The summed E-state index contributed by atoms with van der Waals surface area (Å²) in [5.74, 6) is 2.75. The number of aromatic nitrogens is 1. The Labute approximate surface area is 153 Å². The second-order valence-corrected chi connectivity index (χ2v) is 7.34. The van der Waals surface area contributed by atoms with Crippen molar-refractivity contribution in [3.05, 3.63) is 46.1 Å². The molecule has 0 fully saturated rings. The molecule has 25 heavy (non-hydrogen) atoms.